The van der Waals surface area contributed by atoms with E-state index >= 15 is 0 Å². The molecule has 0 radical (unpaired) electrons. The van der Waals surface area contributed by atoms with E-state index in [4.69, 9.17) is 11.6 Å². The minimum Gasteiger partial charge on any atom is -0.322 e. The molecule has 0 bridgehead atoms. The Balaban J connectivity index is 2.33. The summed E-state index contributed by atoms with van der Waals surface area (Å²) in [5, 5.41) is 3.07. The Hall–Kier alpha value is -2.05. The summed E-state index contributed by atoms with van der Waals surface area (Å²) in [5.74, 6) is -0.334. The van der Waals surface area contributed by atoms with Crippen molar-refractivity contribution in [2.45, 2.75) is 13.8 Å². The van der Waals surface area contributed by atoms with Gasteiger partial charge in [-0.1, -0.05) is 17.7 Å². The molecule has 0 heterocycles. The SMILES string of the molecule is Cc1cc(C)cc(NC(=O)c2ccc(Cl)c(N(C)S(C)(=O)=O)c2)c1. The summed E-state index contributed by atoms with van der Waals surface area (Å²) in [7, 11) is -2.08. The Labute approximate surface area is 147 Å². The van der Waals surface area contributed by atoms with Gasteiger partial charge in [-0.3, -0.25) is 9.10 Å². The van der Waals surface area contributed by atoms with Gasteiger partial charge in [0.2, 0.25) is 10.0 Å². The number of benzene rings is 2. The highest BCUT2D eigenvalue weighted by Crippen LogP contribution is 2.28. The van der Waals surface area contributed by atoms with Crippen LogP contribution < -0.4 is 9.62 Å². The molecular weight excluding hydrogens is 348 g/mol. The van der Waals surface area contributed by atoms with E-state index in [0.717, 1.165) is 21.7 Å². The molecule has 2 aromatic carbocycles. The number of amides is 1. The zero-order chi connectivity index (χ0) is 18.1. The summed E-state index contributed by atoms with van der Waals surface area (Å²) in [6.07, 6.45) is 1.07. The second-order valence-electron chi connectivity index (χ2n) is 5.73. The van der Waals surface area contributed by atoms with E-state index in [9.17, 15) is 13.2 Å². The Morgan fingerprint density at radius 1 is 1.08 bits per heavy atom. The van der Waals surface area contributed by atoms with Crippen LogP contribution in [0, 0.1) is 13.8 Å². The fourth-order valence-electron chi connectivity index (χ4n) is 2.32. The van der Waals surface area contributed by atoms with Crippen LogP contribution >= 0.6 is 11.6 Å². The Kier molecular flexibility index (Phi) is 5.20. The molecule has 0 saturated heterocycles. The van der Waals surface area contributed by atoms with Crippen molar-refractivity contribution in [3.05, 3.63) is 58.1 Å². The van der Waals surface area contributed by atoms with Gasteiger partial charge in [-0.05, 0) is 55.3 Å². The molecule has 0 spiro atoms. The number of aryl methyl sites for hydroxylation is 2. The molecule has 5 nitrogen and oxygen atoms in total. The number of hydrogen-bond acceptors (Lipinski definition) is 3. The third kappa shape index (κ3) is 4.27. The quantitative estimate of drug-likeness (QED) is 0.898. The van der Waals surface area contributed by atoms with Crippen LogP contribution in [0.15, 0.2) is 36.4 Å². The molecule has 2 rings (SSSR count). The predicted molar refractivity (Wildman–Crippen MR) is 98.6 cm³/mol. The lowest BCUT2D eigenvalue weighted by Gasteiger charge is -2.19. The Morgan fingerprint density at radius 3 is 2.21 bits per heavy atom. The van der Waals surface area contributed by atoms with Crippen LogP contribution in [0.25, 0.3) is 0 Å². The van der Waals surface area contributed by atoms with Gasteiger partial charge in [0.1, 0.15) is 0 Å². The largest absolute Gasteiger partial charge is 0.322 e. The maximum atomic E-state index is 12.5. The standard InChI is InChI=1S/C17H19ClN2O3S/c1-11-7-12(2)9-14(8-11)19-17(21)13-5-6-15(18)16(10-13)20(3)24(4,22)23/h5-10H,1-4H3,(H,19,21). The van der Waals surface area contributed by atoms with Gasteiger partial charge >= 0.3 is 0 Å². The summed E-state index contributed by atoms with van der Waals surface area (Å²) in [5.41, 5.74) is 3.35. The number of hydrogen-bond donors (Lipinski definition) is 1. The molecule has 0 aromatic heterocycles. The van der Waals surface area contributed by atoms with Gasteiger partial charge in [0.25, 0.3) is 5.91 Å². The minimum atomic E-state index is -3.47. The van der Waals surface area contributed by atoms with E-state index in [1.54, 1.807) is 6.07 Å². The number of anilines is 2. The van der Waals surface area contributed by atoms with Crippen molar-refractivity contribution in [1.82, 2.24) is 0 Å². The highest BCUT2D eigenvalue weighted by molar-refractivity contribution is 7.92. The minimum absolute atomic E-state index is 0.255. The van der Waals surface area contributed by atoms with Gasteiger partial charge in [0.15, 0.2) is 0 Å². The van der Waals surface area contributed by atoms with Crippen LogP contribution in [0.1, 0.15) is 21.5 Å². The number of carbonyl (C=O) groups excluding carboxylic acids is 1. The third-order valence-corrected chi connectivity index (χ3v) is 5.04. The summed E-state index contributed by atoms with van der Waals surface area (Å²) >= 11 is 6.07. The molecule has 24 heavy (non-hydrogen) atoms. The number of rotatable bonds is 4. The first-order valence-electron chi connectivity index (χ1n) is 7.21. The van der Waals surface area contributed by atoms with E-state index in [1.807, 2.05) is 32.0 Å². The molecule has 0 unspecified atom stereocenters. The number of halogens is 1. The average Bonchev–Trinajstić information content (AvgIpc) is 2.44. The van der Waals surface area contributed by atoms with Gasteiger partial charge in [-0.25, -0.2) is 8.42 Å². The van der Waals surface area contributed by atoms with E-state index in [2.05, 4.69) is 5.32 Å². The third-order valence-electron chi connectivity index (χ3n) is 3.52. The van der Waals surface area contributed by atoms with Crippen molar-refractivity contribution in [2.75, 3.05) is 22.9 Å². The van der Waals surface area contributed by atoms with E-state index < -0.39 is 10.0 Å². The Morgan fingerprint density at radius 2 is 1.67 bits per heavy atom. The maximum Gasteiger partial charge on any atom is 0.255 e. The molecule has 0 fully saturated rings. The Bertz CT molecular complexity index is 874. The first-order chi connectivity index (χ1) is 11.1. The lowest BCUT2D eigenvalue weighted by molar-refractivity contribution is 0.102. The number of sulfonamides is 1. The van der Waals surface area contributed by atoms with Crippen LogP contribution in [-0.4, -0.2) is 27.6 Å². The molecule has 0 aliphatic carbocycles. The molecule has 7 heteroatoms. The monoisotopic (exact) mass is 366 g/mol. The molecule has 1 N–H and O–H groups in total. The van der Waals surface area contributed by atoms with Crippen molar-refractivity contribution < 1.29 is 13.2 Å². The van der Waals surface area contributed by atoms with Crippen molar-refractivity contribution in [2.24, 2.45) is 0 Å². The van der Waals surface area contributed by atoms with Gasteiger partial charge in [-0.15, -0.1) is 0 Å². The molecule has 2 aromatic rings. The fraction of sp³-hybridized carbons (Fsp3) is 0.235. The molecular formula is C17H19ClN2O3S. The summed E-state index contributed by atoms with van der Waals surface area (Å²) in [6.45, 7) is 3.90. The summed E-state index contributed by atoms with van der Waals surface area (Å²) < 4.78 is 24.4. The number of nitrogens with zero attached hydrogens (tertiary/aromatic N) is 1. The van der Waals surface area contributed by atoms with E-state index in [1.165, 1.54) is 19.2 Å². The normalized spacial score (nSPS) is 11.2. The first kappa shape index (κ1) is 18.3. The second-order valence-corrected chi connectivity index (χ2v) is 8.15. The molecule has 1 amide bonds. The van der Waals surface area contributed by atoms with Crippen molar-refractivity contribution >= 4 is 38.9 Å². The summed E-state index contributed by atoms with van der Waals surface area (Å²) in [6, 6.07) is 10.3. The average molecular weight is 367 g/mol. The molecule has 0 atom stereocenters. The number of carbonyl (C=O) groups is 1. The highest BCUT2D eigenvalue weighted by atomic mass is 35.5. The maximum absolute atomic E-state index is 12.5. The zero-order valence-electron chi connectivity index (χ0n) is 13.9. The van der Waals surface area contributed by atoms with E-state index in [0.29, 0.717) is 11.3 Å². The number of nitrogens with one attached hydrogen (secondary N) is 1. The molecule has 0 aliphatic heterocycles. The lowest BCUT2D eigenvalue weighted by atomic mass is 10.1. The highest BCUT2D eigenvalue weighted by Gasteiger charge is 2.17. The van der Waals surface area contributed by atoms with Crippen LogP contribution in [0.3, 0.4) is 0 Å². The van der Waals surface area contributed by atoms with Crippen LogP contribution in [0.5, 0.6) is 0 Å². The van der Waals surface area contributed by atoms with Crippen molar-refractivity contribution in [1.29, 1.82) is 0 Å². The molecule has 0 aliphatic rings. The smallest absolute Gasteiger partial charge is 0.255 e. The van der Waals surface area contributed by atoms with Crippen LogP contribution in [0.2, 0.25) is 5.02 Å². The van der Waals surface area contributed by atoms with Crippen LogP contribution in [0.4, 0.5) is 11.4 Å². The van der Waals surface area contributed by atoms with Gasteiger partial charge < -0.3 is 5.32 Å². The van der Waals surface area contributed by atoms with Gasteiger partial charge in [-0.2, -0.15) is 0 Å². The summed E-state index contributed by atoms with van der Waals surface area (Å²) in [4.78, 5) is 12.5. The van der Waals surface area contributed by atoms with Crippen LogP contribution in [-0.2, 0) is 10.0 Å². The molecule has 0 saturated carbocycles. The van der Waals surface area contributed by atoms with Crippen molar-refractivity contribution in [3.63, 3.8) is 0 Å². The zero-order valence-corrected chi connectivity index (χ0v) is 15.5. The van der Waals surface area contributed by atoms with Gasteiger partial charge in [0, 0.05) is 18.3 Å². The first-order valence-corrected chi connectivity index (χ1v) is 9.43. The topological polar surface area (TPSA) is 66.5 Å². The fourth-order valence-corrected chi connectivity index (χ4v) is 3.13. The lowest BCUT2D eigenvalue weighted by Crippen LogP contribution is -2.25. The van der Waals surface area contributed by atoms with Crippen molar-refractivity contribution in [3.8, 4) is 0 Å². The van der Waals surface area contributed by atoms with Gasteiger partial charge in [0.05, 0.1) is 17.0 Å². The predicted octanol–water partition coefficient (Wildman–Crippen LogP) is 3.60. The second kappa shape index (κ2) is 6.83. The van der Waals surface area contributed by atoms with E-state index in [-0.39, 0.29) is 16.6 Å². The molecule has 128 valence electrons.